The lowest BCUT2D eigenvalue weighted by Gasteiger charge is -2.30. The zero-order chi connectivity index (χ0) is 14.1. The third kappa shape index (κ3) is 2.31. The highest BCUT2D eigenvalue weighted by molar-refractivity contribution is 6.44. The second kappa shape index (κ2) is 5.07. The molecule has 0 spiro atoms. The van der Waals surface area contributed by atoms with Gasteiger partial charge in [-0.3, -0.25) is 9.59 Å². The highest BCUT2D eigenvalue weighted by Crippen LogP contribution is 2.28. The van der Waals surface area contributed by atoms with Gasteiger partial charge in [-0.2, -0.15) is 5.10 Å². The number of fused-ring (bicyclic) bond motifs is 1. The summed E-state index contributed by atoms with van der Waals surface area (Å²) in [6.07, 6.45) is 2.72. The molecule has 104 valence electrons. The van der Waals surface area contributed by atoms with Gasteiger partial charge in [-0.15, -0.1) is 0 Å². The molecule has 3 rings (SSSR count). The van der Waals surface area contributed by atoms with Crippen molar-refractivity contribution in [2.45, 2.75) is 32.6 Å². The molecule has 0 saturated carbocycles. The van der Waals surface area contributed by atoms with Crippen molar-refractivity contribution >= 4 is 23.2 Å². The van der Waals surface area contributed by atoms with Crippen LogP contribution in [-0.2, 0) is 16.0 Å². The smallest absolute Gasteiger partial charge is 0.274 e. The Hall–Kier alpha value is -2.17. The molecule has 0 aliphatic carbocycles. The molecule has 1 N–H and O–H groups in total. The van der Waals surface area contributed by atoms with Crippen molar-refractivity contribution in [3.8, 4) is 0 Å². The first-order valence-corrected chi connectivity index (χ1v) is 6.92. The molecule has 1 aromatic rings. The van der Waals surface area contributed by atoms with Crippen molar-refractivity contribution in [1.82, 2.24) is 5.43 Å². The summed E-state index contributed by atoms with van der Waals surface area (Å²) < 4.78 is 0. The lowest BCUT2D eigenvalue weighted by atomic mass is 9.98. The number of nitrogens with one attached hydrogen (secondary N) is 1. The average molecular weight is 271 g/mol. The number of aryl methyl sites for hydroxylation is 2. The summed E-state index contributed by atoms with van der Waals surface area (Å²) in [5, 5.41) is 3.90. The van der Waals surface area contributed by atoms with E-state index >= 15 is 0 Å². The molecule has 0 atom stereocenters. The fourth-order valence-electron chi connectivity index (χ4n) is 2.72. The van der Waals surface area contributed by atoms with Crippen molar-refractivity contribution < 1.29 is 9.59 Å². The van der Waals surface area contributed by atoms with Crippen molar-refractivity contribution in [1.29, 1.82) is 0 Å². The maximum absolute atomic E-state index is 12.6. The largest absolute Gasteiger partial charge is 0.307 e. The van der Waals surface area contributed by atoms with Crippen molar-refractivity contribution in [2.75, 3.05) is 11.4 Å². The Morgan fingerprint density at radius 3 is 2.90 bits per heavy atom. The number of benzene rings is 1. The standard InChI is InChI=1S/C15H17N3O2/c1-10-4-6-13-11(9-10)3-2-8-18(13)15(20)12-5-7-14(19)17-16-12/h4,6,9H,2-3,5,7-8H2,1H3,(H,17,19). The SMILES string of the molecule is Cc1ccc2c(c1)CCCN2C(=O)C1=NNC(=O)CC1. The van der Waals surface area contributed by atoms with Gasteiger partial charge in [0.1, 0.15) is 5.71 Å². The van der Waals surface area contributed by atoms with Crippen LogP contribution in [0.1, 0.15) is 30.4 Å². The third-order valence-electron chi connectivity index (χ3n) is 3.75. The monoisotopic (exact) mass is 271 g/mol. The quantitative estimate of drug-likeness (QED) is 0.842. The van der Waals surface area contributed by atoms with E-state index in [2.05, 4.69) is 23.5 Å². The number of hydrogen-bond acceptors (Lipinski definition) is 3. The topological polar surface area (TPSA) is 61.8 Å². The molecule has 0 aromatic heterocycles. The van der Waals surface area contributed by atoms with Gasteiger partial charge in [0.15, 0.2) is 0 Å². The molecule has 2 aliphatic rings. The van der Waals surface area contributed by atoms with Gasteiger partial charge in [0, 0.05) is 25.1 Å². The van der Waals surface area contributed by atoms with Gasteiger partial charge >= 0.3 is 0 Å². The van der Waals surface area contributed by atoms with E-state index in [4.69, 9.17) is 0 Å². The molecule has 5 heteroatoms. The molecule has 0 saturated heterocycles. The summed E-state index contributed by atoms with van der Waals surface area (Å²) in [6.45, 7) is 2.77. The second-order valence-corrected chi connectivity index (χ2v) is 5.29. The zero-order valence-corrected chi connectivity index (χ0v) is 11.5. The van der Waals surface area contributed by atoms with E-state index in [0.717, 1.165) is 18.5 Å². The Balaban J connectivity index is 1.89. The first-order chi connectivity index (χ1) is 9.65. The maximum atomic E-state index is 12.6. The van der Waals surface area contributed by atoms with Gasteiger partial charge < -0.3 is 4.90 Å². The minimum absolute atomic E-state index is 0.0881. The van der Waals surface area contributed by atoms with Crippen LogP contribution in [-0.4, -0.2) is 24.1 Å². The van der Waals surface area contributed by atoms with E-state index in [1.165, 1.54) is 11.1 Å². The molecular weight excluding hydrogens is 254 g/mol. The molecule has 20 heavy (non-hydrogen) atoms. The van der Waals surface area contributed by atoms with Crippen LogP contribution >= 0.6 is 0 Å². The minimum atomic E-state index is -0.129. The molecular formula is C15H17N3O2. The Bertz CT molecular complexity index is 607. The predicted molar refractivity (Wildman–Crippen MR) is 76.7 cm³/mol. The molecule has 5 nitrogen and oxygen atoms in total. The first-order valence-electron chi connectivity index (χ1n) is 6.92. The van der Waals surface area contributed by atoms with E-state index in [1.54, 1.807) is 4.90 Å². The second-order valence-electron chi connectivity index (χ2n) is 5.29. The van der Waals surface area contributed by atoms with Crippen LogP contribution in [0.4, 0.5) is 5.69 Å². The van der Waals surface area contributed by atoms with Crippen LogP contribution in [0.25, 0.3) is 0 Å². The molecule has 1 aromatic carbocycles. The van der Waals surface area contributed by atoms with Crippen LogP contribution in [0.2, 0.25) is 0 Å². The normalized spacial score (nSPS) is 18.1. The summed E-state index contributed by atoms with van der Waals surface area (Å²) in [5.41, 5.74) is 6.23. The average Bonchev–Trinajstić information content (AvgIpc) is 2.46. The zero-order valence-electron chi connectivity index (χ0n) is 11.5. The number of hydrogen-bond donors (Lipinski definition) is 1. The number of rotatable bonds is 1. The third-order valence-corrected chi connectivity index (χ3v) is 3.75. The molecule has 0 fully saturated rings. The van der Waals surface area contributed by atoms with E-state index in [0.29, 0.717) is 25.1 Å². The molecule has 2 amide bonds. The molecule has 0 radical (unpaired) electrons. The molecule has 0 bridgehead atoms. The van der Waals surface area contributed by atoms with E-state index < -0.39 is 0 Å². The highest BCUT2D eigenvalue weighted by Gasteiger charge is 2.27. The van der Waals surface area contributed by atoms with Gasteiger partial charge in [-0.05, 0) is 31.4 Å². The summed E-state index contributed by atoms with van der Waals surface area (Å²) in [7, 11) is 0. The van der Waals surface area contributed by atoms with Crippen molar-refractivity contribution in [2.24, 2.45) is 5.10 Å². The molecule has 2 aliphatic heterocycles. The number of nitrogens with zero attached hydrogens (tertiary/aromatic N) is 2. The number of hydrazone groups is 1. The van der Waals surface area contributed by atoms with E-state index in [-0.39, 0.29) is 11.8 Å². The number of amides is 2. The lowest BCUT2D eigenvalue weighted by Crippen LogP contribution is -2.42. The van der Waals surface area contributed by atoms with Crippen molar-refractivity contribution in [3.05, 3.63) is 29.3 Å². The van der Waals surface area contributed by atoms with Crippen molar-refractivity contribution in [3.63, 3.8) is 0 Å². The van der Waals surface area contributed by atoms with E-state index in [1.807, 2.05) is 12.1 Å². The van der Waals surface area contributed by atoms with Crippen LogP contribution in [0.15, 0.2) is 23.3 Å². The first kappa shape index (κ1) is 12.8. The van der Waals surface area contributed by atoms with Gasteiger partial charge in [0.2, 0.25) is 5.91 Å². The summed E-state index contributed by atoms with van der Waals surface area (Å²) in [5.74, 6) is -0.217. The molecule has 2 heterocycles. The number of carbonyl (C=O) groups is 2. The Morgan fingerprint density at radius 2 is 2.15 bits per heavy atom. The highest BCUT2D eigenvalue weighted by atomic mass is 16.2. The van der Waals surface area contributed by atoms with Crippen LogP contribution in [0, 0.1) is 6.92 Å². The maximum Gasteiger partial charge on any atom is 0.274 e. The van der Waals surface area contributed by atoms with Gasteiger partial charge in [-0.1, -0.05) is 17.7 Å². The Kier molecular flexibility index (Phi) is 3.26. The fraction of sp³-hybridized carbons (Fsp3) is 0.400. The molecule has 0 unspecified atom stereocenters. The fourth-order valence-corrected chi connectivity index (χ4v) is 2.72. The summed E-state index contributed by atoms with van der Waals surface area (Å²) >= 11 is 0. The minimum Gasteiger partial charge on any atom is -0.307 e. The Morgan fingerprint density at radius 1 is 1.30 bits per heavy atom. The van der Waals surface area contributed by atoms with Crippen LogP contribution < -0.4 is 10.3 Å². The van der Waals surface area contributed by atoms with Gasteiger partial charge in [0.05, 0.1) is 0 Å². The van der Waals surface area contributed by atoms with Crippen LogP contribution in [0.3, 0.4) is 0 Å². The van der Waals surface area contributed by atoms with Gasteiger partial charge in [0.25, 0.3) is 5.91 Å². The summed E-state index contributed by atoms with van der Waals surface area (Å²) in [6, 6.07) is 6.16. The number of anilines is 1. The van der Waals surface area contributed by atoms with Gasteiger partial charge in [-0.25, -0.2) is 5.43 Å². The number of carbonyl (C=O) groups excluding carboxylic acids is 2. The lowest BCUT2D eigenvalue weighted by molar-refractivity contribution is -0.121. The van der Waals surface area contributed by atoms with Crippen LogP contribution in [0.5, 0.6) is 0 Å². The predicted octanol–water partition coefficient (Wildman–Crippen LogP) is 1.54. The summed E-state index contributed by atoms with van der Waals surface area (Å²) in [4.78, 5) is 25.4. The van der Waals surface area contributed by atoms with E-state index in [9.17, 15) is 9.59 Å². The Labute approximate surface area is 117 Å².